The van der Waals surface area contributed by atoms with Crippen molar-refractivity contribution in [3.8, 4) is 0 Å². The van der Waals surface area contributed by atoms with E-state index in [-0.39, 0.29) is 8.41 Å². The van der Waals surface area contributed by atoms with Crippen LogP contribution in [0, 0.1) is 0 Å². The van der Waals surface area contributed by atoms with Crippen molar-refractivity contribution in [3.63, 3.8) is 0 Å². The summed E-state index contributed by atoms with van der Waals surface area (Å²) in [7, 11) is 0. The molecule has 2 heteroatoms. The summed E-state index contributed by atoms with van der Waals surface area (Å²) in [5.41, 5.74) is 0. The fourth-order valence-electron chi connectivity index (χ4n) is 3.75. The Morgan fingerprint density at radius 2 is 0.750 bits per heavy atom. The molecule has 0 bridgehead atoms. The summed E-state index contributed by atoms with van der Waals surface area (Å²) in [6, 6.07) is 0. The van der Waals surface area contributed by atoms with Crippen molar-refractivity contribution < 1.29 is 4.48 Å². The zero-order valence-electron chi connectivity index (χ0n) is 17.2. The highest BCUT2D eigenvalue weighted by Crippen LogP contribution is 2.15. The molecule has 0 aliphatic rings. The molecule has 0 aromatic rings. The fourth-order valence-corrected chi connectivity index (χ4v) is 3.75. The molecule has 0 aromatic heterocycles. The number of hydrogen-bond acceptors (Lipinski definition) is 0. The number of quaternary nitrogens is 1. The van der Waals surface area contributed by atoms with E-state index in [1.54, 1.807) is 0 Å². The summed E-state index contributed by atoms with van der Waals surface area (Å²) in [6.07, 6.45) is 20.3. The van der Waals surface area contributed by atoms with Crippen molar-refractivity contribution in [2.24, 2.45) is 0 Å². The van der Waals surface area contributed by atoms with E-state index in [0.717, 1.165) is 0 Å². The van der Waals surface area contributed by atoms with Gasteiger partial charge < -0.3 is 4.48 Å². The van der Waals surface area contributed by atoms with Crippen molar-refractivity contribution in [1.29, 1.82) is 0 Å². The lowest BCUT2D eigenvalue weighted by Gasteiger charge is -2.37. The van der Waals surface area contributed by atoms with Gasteiger partial charge in [-0.2, -0.15) is 0 Å². The van der Waals surface area contributed by atoms with Gasteiger partial charge in [-0.15, -0.1) is 0 Å². The third kappa shape index (κ3) is 14.4. The van der Waals surface area contributed by atoms with Crippen LogP contribution in [0.5, 0.6) is 0 Å². The Bertz CT molecular complexity index is 226. The Morgan fingerprint density at radius 1 is 0.417 bits per heavy atom. The van der Waals surface area contributed by atoms with Crippen LogP contribution < -0.4 is 0 Å². The Labute approximate surface area is 157 Å². The lowest BCUT2D eigenvalue weighted by atomic mass is 10.0. The van der Waals surface area contributed by atoms with Gasteiger partial charge in [0.1, 0.15) is 0 Å². The average Bonchev–Trinajstić information content (AvgIpc) is 2.59. The molecule has 0 atom stereocenters. The van der Waals surface area contributed by atoms with Crippen LogP contribution in [0.1, 0.15) is 118 Å². The zero-order valence-corrected chi connectivity index (χ0v) is 17.2. The van der Waals surface area contributed by atoms with Gasteiger partial charge in [0.05, 0.1) is 26.2 Å². The van der Waals surface area contributed by atoms with Crippen LogP contribution in [0.4, 0.5) is 0 Å². The average molecular weight is 341 g/mol. The number of nitrogens with zero attached hydrogens (tertiary/aromatic N) is 1. The van der Waals surface area contributed by atoms with E-state index in [9.17, 15) is 0 Å². The molecule has 0 N–H and O–H groups in total. The Morgan fingerprint density at radius 3 is 1.12 bits per heavy atom. The molecule has 0 fully saturated rings. The lowest BCUT2D eigenvalue weighted by Crippen LogP contribution is -2.49. The molecule has 0 aliphatic carbocycles. The Hall–Kier alpha value is 0.0249. The second-order valence-corrected chi connectivity index (χ2v) is 7.66. The molecule has 0 unspecified atom stereocenters. The zero-order chi connectivity index (χ0) is 17.2. The van der Waals surface area contributed by atoms with Crippen LogP contribution in [0.2, 0.25) is 0 Å². The van der Waals surface area contributed by atoms with Crippen LogP contribution in [-0.4, -0.2) is 39.1 Å². The summed E-state index contributed by atoms with van der Waals surface area (Å²) in [6.45, 7) is 14.9. The van der Waals surface area contributed by atoms with E-state index in [1.807, 2.05) is 0 Å². The predicted octanol–water partition coefficient (Wildman–Crippen LogP) is 5.89. The first-order valence-electron chi connectivity index (χ1n) is 11.1. The first kappa shape index (κ1) is 26.3. The summed E-state index contributed by atoms with van der Waals surface area (Å²) < 4.78 is 1.37. The second-order valence-electron chi connectivity index (χ2n) is 7.66. The first-order valence-corrected chi connectivity index (χ1v) is 11.1. The van der Waals surface area contributed by atoms with Crippen molar-refractivity contribution in [3.05, 3.63) is 0 Å². The van der Waals surface area contributed by atoms with Crippen molar-refractivity contribution in [1.82, 2.24) is 0 Å². The van der Waals surface area contributed by atoms with Crippen molar-refractivity contribution >= 4 is 8.41 Å². The molecule has 0 saturated carbocycles. The molecule has 0 amide bonds. The van der Waals surface area contributed by atoms with Crippen LogP contribution in [0.3, 0.4) is 0 Å². The van der Waals surface area contributed by atoms with Gasteiger partial charge in [0.25, 0.3) is 0 Å². The quantitative estimate of drug-likeness (QED) is 0.166. The summed E-state index contributed by atoms with van der Waals surface area (Å²) in [5, 5.41) is 0. The van der Waals surface area contributed by atoms with E-state index < -0.39 is 0 Å². The molecule has 0 aliphatic heterocycles. The minimum Gasteiger partial charge on any atom is -0.324 e. The molecule has 24 heavy (non-hydrogen) atoms. The monoisotopic (exact) mass is 341 g/mol. The van der Waals surface area contributed by atoms with E-state index in [1.165, 1.54) is 121 Å². The van der Waals surface area contributed by atoms with Gasteiger partial charge in [-0.3, -0.25) is 0 Å². The largest absolute Gasteiger partial charge is 0.324 e. The predicted molar refractivity (Wildman–Crippen MR) is 118 cm³/mol. The normalized spacial score (nSPS) is 11.5. The van der Waals surface area contributed by atoms with E-state index in [2.05, 4.69) is 27.7 Å². The molecule has 0 aromatic carbocycles. The molecule has 1 nitrogen and oxygen atoms in total. The van der Waals surface area contributed by atoms with Crippen molar-refractivity contribution in [2.75, 3.05) is 26.2 Å². The van der Waals surface area contributed by atoms with Gasteiger partial charge in [-0.25, -0.2) is 0 Å². The molecule has 148 valence electrons. The third-order valence-corrected chi connectivity index (χ3v) is 5.81. The first-order chi connectivity index (χ1) is 11.2. The third-order valence-electron chi connectivity index (χ3n) is 5.81. The van der Waals surface area contributed by atoms with Gasteiger partial charge >= 0.3 is 0 Å². The Balaban J connectivity index is 0. The SMILES string of the molecule is CCCCCCCCCCCCCC[N+](CC)(CC)CCCC.[BH4-]. The van der Waals surface area contributed by atoms with E-state index in [0.29, 0.717) is 0 Å². The standard InChI is InChI=1S/C22H48N.BH4/c1-5-9-11-12-13-14-15-16-17-18-19-20-22-23(7-3,8-4)21-10-6-2;/h5-22H2,1-4H3;1H4/q+1;-1. The molecule has 0 spiro atoms. The fraction of sp³-hybridized carbons (Fsp3) is 1.00. The molecule has 0 heterocycles. The smallest absolute Gasteiger partial charge is 0.0786 e. The second kappa shape index (κ2) is 19.4. The summed E-state index contributed by atoms with van der Waals surface area (Å²) in [4.78, 5) is 0. The maximum atomic E-state index is 2.39. The number of hydrogen-bond donors (Lipinski definition) is 0. The topological polar surface area (TPSA) is 0 Å². The molecular weight excluding hydrogens is 289 g/mol. The van der Waals surface area contributed by atoms with Crippen LogP contribution in [0.15, 0.2) is 0 Å². The number of unbranched alkanes of at least 4 members (excludes halogenated alkanes) is 12. The maximum absolute atomic E-state index is 2.39. The van der Waals surface area contributed by atoms with Gasteiger partial charge in [0.15, 0.2) is 0 Å². The van der Waals surface area contributed by atoms with E-state index in [4.69, 9.17) is 0 Å². The molecule has 0 radical (unpaired) electrons. The van der Waals surface area contributed by atoms with Crippen LogP contribution >= 0.6 is 0 Å². The van der Waals surface area contributed by atoms with Gasteiger partial charge in [-0.1, -0.05) is 92.9 Å². The van der Waals surface area contributed by atoms with Gasteiger partial charge in [0, 0.05) is 0 Å². The molecule has 0 rings (SSSR count). The highest BCUT2D eigenvalue weighted by molar-refractivity contribution is 5.75. The minimum atomic E-state index is 0. The summed E-state index contributed by atoms with van der Waals surface area (Å²) in [5.74, 6) is 0. The summed E-state index contributed by atoms with van der Waals surface area (Å²) >= 11 is 0. The molecular formula is C22H52BN. The lowest BCUT2D eigenvalue weighted by molar-refractivity contribution is -0.925. The Kier molecular flexibility index (Phi) is 21.2. The van der Waals surface area contributed by atoms with Crippen molar-refractivity contribution in [2.45, 2.75) is 118 Å². The number of rotatable bonds is 18. The van der Waals surface area contributed by atoms with E-state index >= 15 is 0 Å². The van der Waals surface area contributed by atoms with Crippen LogP contribution in [0.25, 0.3) is 0 Å². The highest BCUT2D eigenvalue weighted by Gasteiger charge is 2.21. The highest BCUT2D eigenvalue weighted by atomic mass is 15.3. The minimum absolute atomic E-state index is 0. The molecule has 0 saturated heterocycles. The maximum Gasteiger partial charge on any atom is 0.0786 e. The van der Waals surface area contributed by atoms with Gasteiger partial charge in [0.2, 0.25) is 0 Å². The van der Waals surface area contributed by atoms with Gasteiger partial charge in [-0.05, 0) is 33.1 Å². The van der Waals surface area contributed by atoms with Crippen LogP contribution in [-0.2, 0) is 0 Å².